The minimum atomic E-state index is -0.935. The van der Waals surface area contributed by atoms with E-state index in [0.29, 0.717) is 6.54 Å². The fourth-order valence-electron chi connectivity index (χ4n) is 2.48. The summed E-state index contributed by atoms with van der Waals surface area (Å²) in [6.45, 7) is 0.368. The maximum atomic E-state index is 12.5. The molecule has 1 aromatic carbocycles. The molecule has 0 aliphatic heterocycles. The summed E-state index contributed by atoms with van der Waals surface area (Å²) in [4.78, 5) is 24.5. The molecule has 0 saturated heterocycles. The number of hydrogen-bond acceptors (Lipinski definition) is 3. The number of carbonyl (C=O) groups excluding carboxylic acids is 1. The predicted octanol–water partition coefficient (Wildman–Crippen LogP) is 3.56. The van der Waals surface area contributed by atoms with E-state index in [9.17, 15) is 9.59 Å². The van der Waals surface area contributed by atoms with Crippen LogP contribution in [0.2, 0.25) is 0 Å². The van der Waals surface area contributed by atoms with Crippen LogP contribution in [0.3, 0.4) is 0 Å². The fourth-order valence-corrected chi connectivity index (χ4v) is 3.67. The van der Waals surface area contributed by atoms with Gasteiger partial charge in [-0.15, -0.1) is 11.3 Å². The van der Waals surface area contributed by atoms with E-state index in [0.717, 1.165) is 27.8 Å². The number of nitrogens with one attached hydrogen (secondary N) is 1. The highest BCUT2D eigenvalue weighted by Crippen LogP contribution is 2.48. The van der Waals surface area contributed by atoms with E-state index in [4.69, 9.17) is 5.11 Å². The van der Waals surface area contributed by atoms with Crippen LogP contribution >= 0.6 is 27.3 Å². The van der Waals surface area contributed by atoms with Crippen LogP contribution in [0.25, 0.3) is 0 Å². The number of carboxylic acids is 1. The predicted molar refractivity (Wildman–Crippen MR) is 88.2 cm³/mol. The summed E-state index contributed by atoms with van der Waals surface area (Å²) in [7, 11) is 0. The molecule has 1 saturated carbocycles. The molecule has 0 unspecified atom stereocenters. The maximum absolute atomic E-state index is 12.5. The Balaban J connectivity index is 1.68. The van der Waals surface area contributed by atoms with Crippen LogP contribution in [0.15, 0.2) is 40.9 Å². The summed E-state index contributed by atoms with van der Waals surface area (Å²) in [6.07, 6.45) is 1.69. The van der Waals surface area contributed by atoms with E-state index in [1.54, 1.807) is 12.1 Å². The first-order valence-corrected chi connectivity index (χ1v) is 8.48. The van der Waals surface area contributed by atoms with Gasteiger partial charge in [-0.25, -0.2) is 4.79 Å². The van der Waals surface area contributed by atoms with E-state index in [2.05, 4.69) is 21.2 Å². The Morgan fingerprint density at radius 1 is 1.27 bits per heavy atom. The molecule has 0 radical (unpaired) electrons. The van der Waals surface area contributed by atoms with Gasteiger partial charge in [0, 0.05) is 9.35 Å². The molecule has 6 heteroatoms. The number of carboxylic acid groups (broad SMARTS) is 1. The third kappa shape index (κ3) is 2.94. The SMILES string of the molecule is O=C(O)c1ccc(CNC(=O)C2(c3cccc(Br)c3)CC2)s1. The molecule has 114 valence electrons. The van der Waals surface area contributed by atoms with Crippen LogP contribution in [0.4, 0.5) is 0 Å². The van der Waals surface area contributed by atoms with Gasteiger partial charge < -0.3 is 10.4 Å². The molecule has 0 atom stereocenters. The van der Waals surface area contributed by atoms with Crippen molar-refractivity contribution in [3.8, 4) is 0 Å². The Labute approximate surface area is 140 Å². The number of hydrogen-bond donors (Lipinski definition) is 2. The van der Waals surface area contributed by atoms with Gasteiger partial charge in [-0.05, 0) is 42.7 Å². The van der Waals surface area contributed by atoms with Crippen LogP contribution in [0, 0.1) is 0 Å². The minimum absolute atomic E-state index is 0.0101. The zero-order valence-corrected chi connectivity index (χ0v) is 14.0. The van der Waals surface area contributed by atoms with Gasteiger partial charge in [0.15, 0.2) is 0 Å². The van der Waals surface area contributed by atoms with Crippen molar-refractivity contribution < 1.29 is 14.7 Å². The lowest BCUT2D eigenvalue weighted by molar-refractivity contribution is -0.123. The van der Waals surface area contributed by atoms with Crippen molar-refractivity contribution in [3.05, 3.63) is 56.2 Å². The molecule has 2 aromatic rings. The lowest BCUT2D eigenvalue weighted by Crippen LogP contribution is -2.34. The summed E-state index contributed by atoms with van der Waals surface area (Å²) in [5.74, 6) is -0.925. The van der Waals surface area contributed by atoms with Crippen molar-refractivity contribution in [1.29, 1.82) is 0 Å². The Kier molecular flexibility index (Phi) is 4.06. The first-order valence-electron chi connectivity index (χ1n) is 6.88. The number of amides is 1. The molecule has 2 N–H and O–H groups in total. The third-order valence-electron chi connectivity index (χ3n) is 3.86. The Bertz CT molecular complexity index is 736. The molecule has 1 aromatic heterocycles. The molecular formula is C16H14BrNO3S. The van der Waals surface area contributed by atoms with Crippen molar-refractivity contribution in [3.63, 3.8) is 0 Å². The van der Waals surface area contributed by atoms with Crippen LogP contribution in [0.1, 0.15) is 33.0 Å². The van der Waals surface area contributed by atoms with Gasteiger partial charge in [0.25, 0.3) is 0 Å². The van der Waals surface area contributed by atoms with Crippen molar-refractivity contribution in [2.45, 2.75) is 24.8 Å². The lowest BCUT2D eigenvalue weighted by Gasteiger charge is -2.15. The van der Waals surface area contributed by atoms with Gasteiger partial charge >= 0.3 is 5.97 Å². The van der Waals surface area contributed by atoms with E-state index < -0.39 is 11.4 Å². The standard InChI is InChI=1S/C16H14BrNO3S/c17-11-3-1-2-10(8-11)16(6-7-16)15(21)18-9-12-4-5-13(22-12)14(19)20/h1-5,8H,6-7,9H2,(H,18,21)(H,19,20). The molecular weight excluding hydrogens is 366 g/mol. The number of carbonyl (C=O) groups is 2. The van der Waals surface area contributed by atoms with Crippen LogP contribution in [0.5, 0.6) is 0 Å². The molecule has 1 aliphatic carbocycles. The van der Waals surface area contributed by atoms with E-state index in [-0.39, 0.29) is 10.8 Å². The average Bonchev–Trinajstić information content (AvgIpc) is 3.16. The summed E-state index contributed by atoms with van der Waals surface area (Å²) in [5.41, 5.74) is 0.605. The summed E-state index contributed by atoms with van der Waals surface area (Å²) in [6, 6.07) is 11.1. The maximum Gasteiger partial charge on any atom is 0.345 e. The van der Waals surface area contributed by atoms with Gasteiger partial charge in [-0.1, -0.05) is 28.1 Å². The summed E-state index contributed by atoms with van der Waals surface area (Å²) in [5, 5.41) is 11.8. The number of aromatic carboxylic acids is 1. The molecule has 0 spiro atoms. The second kappa shape index (κ2) is 5.85. The molecule has 0 bridgehead atoms. The van der Waals surface area contributed by atoms with Crippen LogP contribution in [-0.2, 0) is 16.8 Å². The molecule has 1 aliphatic rings. The normalized spacial score (nSPS) is 15.3. The molecule has 1 amide bonds. The zero-order valence-electron chi connectivity index (χ0n) is 11.6. The number of benzene rings is 1. The summed E-state index contributed by atoms with van der Waals surface area (Å²) < 4.78 is 0.966. The number of halogens is 1. The second-order valence-corrected chi connectivity index (χ2v) is 7.43. The van der Waals surface area contributed by atoms with Crippen LogP contribution < -0.4 is 5.32 Å². The van der Waals surface area contributed by atoms with E-state index >= 15 is 0 Å². The zero-order chi connectivity index (χ0) is 15.7. The fraction of sp³-hybridized carbons (Fsp3) is 0.250. The molecule has 1 heterocycles. The highest BCUT2D eigenvalue weighted by Gasteiger charge is 2.51. The second-order valence-electron chi connectivity index (χ2n) is 5.35. The topological polar surface area (TPSA) is 66.4 Å². The first-order chi connectivity index (χ1) is 10.5. The van der Waals surface area contributed by atoms with Crippen molar-refractivity contribution in [2.24, 2.45) is 0 Å². The number of rotatable bonds is 5. The average molecular weight is 380 g/mol. The van der Waals surface area contributed by atoms with Gasteiger partial charge in [-0.2, -0.15) is 0 Å². The minimum Gasteiger partial charge on any atom is -0.477 e. The van der Waals surface area contributed by atoms with Crippen molar-refractivity contribution >= 4 is 39.1 Å². The highest BCUT2D eigenvalue weighted by molar-refractivity contribution is 9.10. The van der Waals surface area contributed by atoms with E-state index in [1.165, 1.54) is 11.3 Å². The van der Waals surface area contributed by atoms with Gasteiger partial charge in [0.05, 0.1) is 12.0 Å². The molecule has 1 fully saturated rings. The number of thiophene rings is 1. The van der Waals surface area contributed by atoms with Crippen molar-refractivity contribution in [1.82, 2.24) is 5.32 Å². The van der Waals surface area contributed by atoms with Gasteiger partial charge in [-0.3, -0.25) is 4.79 Å². The monoisotopic (exact) mass is 379 g/mol. The quantitative estimate of drug-likeness (QED) is 0.834. The Hall–Kier alpha value is -1.66. The van der Waals surface area contributed by atoms with Gasteiger partial charge in [0.1, 0.15) is 4.88 Å². The van der Waals surface area contributed by atoms with Gasteiger partial charge in [0.2, 0.25) is 5.91 Å². The smallest absolute Gasteiger partial charge is 0.345 e. The Morgan fingerprint density at radius 2 is 2.05 bits per heavy atom. The highest BCUT2D eigenvalue weighted by atomic mass is 79.9. The van der Waals surface area contributed by atoms with E-state index in [1.807, 2.05) is 24.3 Å². The largest absolute Gasteiger partial charge is 0.477 e. The third-order valence-corrected chi connectivity index (χ3v) is 5.42. The van der Waals surface area contributed by atoms with Crippen molar-refractivity contribution in [2.75, 3.05) is 0 Å². The molecule has 3 rings (SSSR count). The lowest BCUT2D eigenvalue weighted by atomic mass is 9.95. The van der Waals surface area contributed by atoms with Crippen LogP contribution in [-0.4, -0.2) is 17.0 Å². The summed E-state index contributed by atoms with van der Waals surface area (Å²) >= 11 is 4.63. The first kappa shape index (κ1) is 15.2. The molecule has 22 heavy (non-hydrogen) atoms. The Morgan fingerprint density at radius 3 is 2.64 bits per heavy atom. The molecule has 4 nitrogen and oxygen atoms in total.